The molecule has 0 aromatic heterocycles. The second-order valence-electron chi connectivity index (χ2n) is 7.77. The van der Waals surface area contributed by atoms with Crippen LogP contribution in [-0.4, -0.2) is 50.4 Å². The lowest BCUT2D eigenvalue weighted by atomic mass is 10.0. The zero-order valence-electron chi connectivity index (χ0n) is 16.8. The van der Waals surface area contributed by atoms with Gasteiger partial charge in [-0.05, 0) is 55.7 Å². The minimum atomic E-state index is -3.32. The smallest absolute Gasteiger partial charge is 0.261 e. The number of nitrogens with zero attached hydrogens (tertiary/aromatic N) is 2. The summed E-state index contributed by atoms with van der Waals surface area (Å²) in [6.45, 7) is 2.38. The molecule has 0 N–H and O–H groups in total. The Morgan fingerprint density at radius 3 is 2.50 bits per heavy atom. The Bertz CT molecular complexity index is 1190. The highest BCUT2D eigenvalue weighted by molar-refractivity contribution is 7.90. The number of fused-ring (bicyclic) bond motifs is 2. The number of imide groups is 1. The second kappa shape index (κ2) is 7.36. The van der Waals surface area contributed by atoms with E-state index in [1.807, 2.05) is 6.92 Å². The Balaban J connectivity index is 1.50. The number of rotatable bonds is 4. The quantitative estimate of drug-likeness (QED) is 0.700. The molecule has 0 radical (unpaired) electrons. The van der Waals surface area contributed by atoms with Crippen LogP contribution in [0.15, 0.2) is 41.3 Å². The van der Waals surface area contributed by atoms with E-state index in [9.17, 15) is 22.8 Å². The van der Waals surface area contributed by atoms with E-state index in [4.69, 9.17) is 0 Å². The molecule has 156 valence electrons. The number of benzene rings is 2. The highest BCUT2D eigenvalue weighted by Gasteiger charge is 2.36. The number of carbonyl (C=O) groups excluding carboxylic acids is 3. The molecule has 7 nitrogen and oxygen atoms in total. The Morgan fingerprint density at radius 2 is 1.77 bits per heavy atom. The number of aryl methyl sites for hydroxylation is 2. The standard InChI is InChI=1S/C22H22N2O5S/c1-14-5-7-17-18(12-14)22(27)24(21(17)26)11-9-20(25)23-10-3-4-15-13-16(30(2,28)29)6-8-19(15)23/h5-8,12-13H,3-4,9-11H2,1-2H3. The summed E-state index contributed by atoms with van der Waals surface area (Å²) in [5, 5.41) is 0. The average Bonchev–Trinajstić information content (AvgIpc) is 2.94. The van der Waals surface area contributed by atoms with E-state index in [-0.39, 0.29) is 35.6 Å². The van der Waals surface area contributed by atoms with Gasteiger partial charge in [0, 0.05) is 31.5 Å². The minimum absolute atomic E-state index is 0.0114. The maximum absolute atomic E-state index is 12.9. The molecule has 30 heavy (non-hydrogen) atoms. The van der Waals surface area contributed by atoms with Gasteiger partial charge >= 0.3 is 0 Å². The van der Waals surface area contributed by atoms with Crippen molar-refractivity contribution in [1.82, 2.24) is 4.90 Å². The van der Waals surface area contributed by atoms with Gasteiger partial charge in [0.25, 0.3) is 11.8 Å². The molecule has 0 saturated carbocycles. The van der Waals surface area contributed by atoms with E-state index in [0.29, 0.717) is 29.8 Å². The zero-order chi connectivity index (χ0) is 21.6. The number of carbonyl (C=O) groups is 3. The lowest BCUT2D eigenvalue weighted by molar-refractivity contribution is -0.118. The number of hydrogen-bond donors (Lipinski definition) is 0. The van der Waals surface area contributed by atoms with Crippen LogP contribution in [0.1, 0.15) is 44.7 Å². The van der Waals surface area contributed by atoms with Crippen LogP contribution in [-0.2, 0) is 21.1 Å². The van der Waals surface area contributed by atoms with Gasteiger partial charge in [0.15, 0.2) is 9.84 Å². The maximum Gasteiger partial charge on any atom is 0.261 e. The lowest BCUT2D eigenvalue weighted by Crippen LogP contribution is -2.39. The molecule has 0 atom stereocenters. The van der Waals surface area contributed by atoms with E-state index in [0.717, 1.165) is 28.7 Å². The summed E-state index contributed by atoms with van der Waals surface area (Å²) >= 11 is 0. The second-order valence-corrected chi connectivity index (χ2v) is 9.79. The van der Waals surface area contributed by atoms with E-state index < -0.39 is 9.84 Å². The van der Waals surface area contributed by atoms with Gasteiger partial charge < -0.3 is 4.90 Å². The molecule has 8 heteroatoms. The predicted octanol–water partition coefficient (Wildman–Crippen LogP) is 2.36. The first-order chi connectivity index (χ1) is 14.2. The van der Waals surface area contributed by atoms with Crippen LogP contribution in [0.3, 0.4) is 0 Å². The van der Waals surface area contributed by atoms with Crippen molar-refractivity contribution in [3.63, 3.8) is 0 Å². The molecule has 0 spiro atoms. The average molecular weight is 426 g/mol. The first-order valence-electron chi connectivity index (χ1n) is 9.77. The Hall–Kier alpha value is -3.00. The van der Waals surface area contributed by atoms with Gasteiger partial charge in [0.2, 0.25) is 5.91 Å². The SMILES string of the molecule is Cc1ccc2c(c1)C(=O)N(CCC(=O)N1CCCc3cc(S(C)(=O)=O)ccc31)C2=O. The summed E-state index contributed by atoms with van der Waals surface area (Å²) < 4.78 is 23.6. The summed E-state index contributed by atoms with van der Waals surface area (Å²) in [6, 6.07) is 9.91. The van der Waals surface area contributed by atoms with Crippen molar-refractivity contribution in [1.29, 1.82) is 0 Å². The molecule has 2 heterocycles. The predicted molar refractivity (Wildman–Crippen MR) is 111 cm³/mol. The van der Waals surface area contributed by atoms with E-state index in [2.05, 4.69) is 0 Å². The van der Waals surface area contributed by atoms with Gasteiger partial charge in [-0.25, -0.2) is 8.42 Å². The van der Waals surface area contributed by atoms with Crippen molar-refractivity contribution in [3.8, 4) is 0 Å². The van der Waals surface area contributed by atoms with Gasteiger partial charge in [-0.2, -0.15) is 0 Å². The molecule has 2 aromatic rings. The molecular formula is C22H22N2O5S. The van der Waals surface area contributed by atoms with Crippen molar-refractivity contribution < 1.29 is 22.8 Å². The minimum Gasteiger partial charge on any atom is -0.312 e. The van der Waals surface area contributed by atoms with E-state index in [1.165, 1.54) is 6.07 Å². The number of amides is 3. The van der Waals surface area contributed by atoms with Gasteiger partial charge in [-0.3, -0.25) is 19.3 Å². The number of hydrogen-bond acceptors (Lipinski definition) is 5. The fraction of sp³-hybridized carbons (Fsp3) is 0.318. The van der Waals surface area contributed by atoms with Crippen LogP contribution >= 0.6 is 0 Å². The van der Waals surface area contributed by atoms with Crippen LogP contribution in [0.2, 0.25) is 0 Å². The number of anilines is 1. The molecule has 0 fully saturated rings. The molecule has 3 amide bonds. The van der Waals surface area contributed by atoms with Crippen molar-refractivity contribution >= 4 is 33.2 Å². The van der Waals surface area contributed by atoms with Gasteiger partial charge in [0.1, 0.15) is 0 Å². The zero-order valence-corrected chi connectivity index (χ0v) is 17.7. The summed E-state index contributed by atoms with van der Waals surface area (Å²) in [4.78, 5) is 41.0. The highest BCUT2D eigenvalue weighted by atomic mass is 32.2. The Morgan fingerprint density at radius 1 is 1.03 bits per heavy atom. The Labute approximate surface area is 175 Å². The largest absolute Gasteiger partial charge is 0.312 e. The molecule has 2 aliphatic heterocycles. The van der Waals surface area contributed by atoms with Crippen molar-refractivity contribution in [2.24, 2.45) is 0 Å². The van der Waals surface area contributed by atoms with Crippen molar-refractivity contribution in [3.05, 3.63) is 58.7 Å². The van der Waals surface area contributed by atoms with E-state index >= 15 is 0 Å². The van der Waals surface area contributed by atoms with Crippen molar-refractivity contribution in [2.75, 3.05) is 24.2 Å². The third-order valence-electron chi connectivity index (χ3n) is 5.57. The van der Waals surface area contributed by atoms with Gasteiger partial charge in [-0.1, -0.05) is 11.6 Å². The van der Waals surface area contributed by atoms with Crippen LogP contribution in [0.4, 0.5) is 5.69 Å². The molecule has 0 unspecified atom stereocenters. The third-order valence-corrected chi connectivity index (χ3v) is 6.68. The third kappa shape index (κ3) is 3.52. The molecular weight excluding hydrogens is 404 g/mol. The molecule has 2 aliphatic rings. The normalized spacial score (nSPS) is 15.9. The molecule has 0 bridgehead atoms. The summed E-state index contributed by atoms with van der Waals surface area (Å²) in [5.74, 6) is -0.946. The summed E-state index contributed by atoms with van der Waals surface area (Å²) in [5.41, 5.74) is 3.15. The van der Waals surface area contributed by atoms with Gasteiger partial charge in [-0.15, -0.1) is 0 Å². The van der Waals surface area contributed by atoms with Crippen LogP contribution in [0.5, 0.6) is 0 Å². The van der Waals surface area contributed by atoms with Gasteiger partial charge in [0.05, 0.1) is 16.0 Å². The van der Waals surface area contributed by atoms with Crippen LogP contribution in [0, 0.1) is 6.92 Å². The maximum atomic E-state index is 12.9. The monoisotopic (exact) mass is 426 g/mol. The first-order valence-corrected chi connectivity index (χ1v) is 11.7. The Kier molecular flexibility index (Phi) is 4.97. The summed E-state index contributed by atoms with van der Waals surface area (Å²) in [6.07, 6.45) is 2.58. The van der Waals surface area contributed by atoms with E-state index in [1.54, 1.807) is 35.2 Å². The topological polar surface area (TPSA) is 91.8 Å². The fourth-order valence-electron chi connectivity index (χ4n) is 4.01. The van der Waals surface area contributed by atoms with Crippen LogP contribution < -0.4 is 4.90 Å². The molecule has 2 aromatic carbocycles. The first kappa shape index (κ1) is 20.3. The lowest BCUT2D eigenvalue weighted by Gasteiger charge is -2.30. The molecule has 0 saturated heterocycles. The van der Waals surface area contributed by atoms with Crippen LogP contribution in [0.25, 0.3) is 0 Å². The fourth-order valence-corrected chi connectivity index (χ4v) is 4.68. The summed E-state index contributed by atoms with van der Waals surface area (Å²) in [7, 11) is -3.32. The molecule has 4 rings (SSSR count). The molecule has 0 aliphatic carbocycles. The van der Waals surface area contributed by atoms with Crippen molar-refractivity contribution in [2.45, 2.75) is 31.1 Å². The number of sulfone groups is 1. The highest BCUT2D eigenvalue weighted by Crippen LogP contribution is 2.30.